The molecule has 1 aliphatic rings. The number of carboxylic acid groups (broad SMARTS) is 1. The number of benzene rings is 1. The summed E-state index contributed by atoms with van der Waals surface area (Å²) in [4.78, 5) is 47.1. The summed E-state index contributed by atoms with van der Waals surface area (Å²) in [5.74, 6) is -2.58. The van der Waals surface area contributed by atoms with Gasteiger partial charge >= 0.3 is 11.9 Å². The van der Waals surface area contributed by atoms with E-state index in [1.54, 1.807) is 18.2 Å². The van der Waals surface area contributed by atoms with Gasteiger partial charge in [0.15, 0.2) is 6.61 Å². The highest BCUT2D eigenvalue weighted by Crippen LogP contribution is 2.32. The first-order valence-corrected chi connectivity index (χ1v) is 10.3. The van der Waals surface area contributed by atoms with Gasteiger partial charge in [0.25, 0.3) is 11.8 Å². The van der Waals surface area contributed by atoms with E-state index in [9.17, 15) is 19.2 Å². The van der Waals surface area contributed by atoms with Gasteiger partial charge in [0.05, 0.1) is 20.3 Å². The van der Waals surface area contributed by atoms with E-state index < -0.39 is 42.4 Å². The van der Waals surface area contributed by atoms with E-state index in [1.165, 1.54) is 18.5 Å². The van der Waals surface area contributed by atoms with Crippen LogP contribution in [-0.2, 0) is 19.1 Å². The Morgan fingerprint density at radius 3 is 2.38 bits per heavy atom. The molecule has 1 aromatic carbocycles. The standard InChI is InChI=1S/C17H19BrN2O8S/c1-26-10-4-3-5-11(27-2)14(10)16(24)19-15-9(6-18)20(17(15)25)29-8-13(23)28-7-12(21)22/h3-5,9,15H,6-8H2,1-2H3,(H,19,24)(H,21,22)/t9-,15+/m1/s1. The van der Waals surface area contributed by atoms with Crippen molar-refractivity contribution in [3.8, 4) is 11.5 Å². The summed E-state index contributed by atoms with van der Waals surface area (Å²) in [6, 6.07) is 3.66. The second kappa shape index (κ2) is 10.3. The number of aliphatic carboxylic acids is 1. The fourth-order valence-corrected chi connectivity index (χ4v) is 4.39. The summed E-state index contributed by atoms with van der Waals surface area (Å²) in [6.07, 6.45) is 0. The van der Waals surface area contributed by atoms with Crippen LogP contribution in [0.3, 0.4) is 0 Å². The third-order valence-corrected chi connectivity index (χ3v) is 5.70. The maximum atomic E-state index is 12.7. The summed E-state index contributed by atoms with van der Waals surface area (Å²) in [7, 11) is 2.84. The molecule has 0 bridgehead atoms. The molecule has 1 fully saturated rings. The Bertz CT molecular complexity index is 783. The highest BCUT2D eigenvalue weighted by Gasteiger charge is 2.48. The van der Waals surface area contributed by atoms with E-state index in [4.69, 9.17) is 14.6 Å². The lowest BCUT2D eigenvalue weighted by Crippen LogP contribution is -2.69. The van der Waals surface area contributed by atoms with Crippen LogP contribution in [0.15, 0.2) is 18.2 Å². The van der Waals surface area contributed by atoms with Crippen LogP contribution in [0, 0.1) is 0 Å². The summed E-state index contributed by atoms with van der Waals surface area (Å²) in [5.41, 5.74) is 0.168. The van der Waals surface area contributed by atoms with Gasteiger partial charge in [0, 0.05) is 5.33 Å². The molecule has 12 heteroatoms. The highest BCUT2D eigenvalue weighted by atomic mass is 79.9. The van der Waals surface area contributed by atoms with Crippen LogP contribution in [0.5, 0.6) is 11.5 Å². The number of nitrogens with zero attached hydrogens (tertiary/aromatic N) is 1. The average molecular weight is 491 g/mol. The number of carboxylic acids is 1. The minimum absolute atomic E-state index is 0.168. The quantitative estimate of drug-likeness (QED) is 0.210. The molecular formula is C17H19BrN2O8S. The molecule has 1 saturated heterocycles. The van der Waals surface area contributed by atoms with Crippen LogP contribution in [0.1, 0.15) is 10.4 Å². The zero-order chi connectivity index (χ0) is 21.6. The topological polar surface area (TPSA) is 131 Å². The van der Waals surface area contributed by atoms with Crippen molar-refractivity contribution < 1.29 is 38.5 Å². The molecule has 1 aromatic rings. The Labute approximate surface area is 179 Å². The Kier molecular flexibility index (Phi) is 8.14. The fourth-order valence-electron chi connectivity index (χ4n) is 2.58. The maximum Gasteiger partial charge on any atom is 0.341 e. The summed E-state index contributed by atoms with van der Waals surface area (Å²) >= 11 is 4.18. The predicted molar refractivity (Wildman–Crippen MR) is 106 cm³/mol. The molecule has 0 spiro atoms. The van der Waals surface area contributed by atoms with Crippen molar-refractivity contribution in [3.63, 3.8) is 0 Å². The maximum absolute atomic E-state index is 12.7. The number of methoxy groups -OCH3 is 2. The van der Waals surface area contributed by atoms with E-state index in [1.807, 2.05) is 0 Å². The lowest BCUT2D eigenvalue weighted by molar-refractivity contribution is -0.153. The Morgan fingerprint density at radius 1 is 1.24 bits per heavy atom. The second-order valence-electron chi connectivity index (χ2n) is 5.70. The molecule has 2 N–H and O–H groups in total. The van der Waals surface area contributed by atoms with E-state index >= 15 is 0 Å². The van der Waals surface area contributed by atoms with Crippen molar-refractivity contribution >= 4 is 51.6 Å². The molecule has 1 heterocycles. The molecule has 0 unspecified atom stereocenters. The van der Waals surface area contributed by atoms with Crippen LogP contribution in [0.2, 0.25) is 0 Å². The zero-order valence-corrected chi connectivity index (χ0v) is 17.9. The number of ether oxygens (including phenoxy) is 3. The molecule has 10 nitrogen and oxygen atoms in total. The normalized spacial score (nSPS) is 17.9. The van der Waals surface area contributed by atoms with Crippen LogP contribution in [0.25, 0.3) is 0 Å². The van der Waals surface area contributed by atoms with Gasteiger partial charge in [-0.25, -0.2) is 4.79 Å². The Hall–Kier alpha value is -2.47. The van der Waals surface area contributed by atoms with Crippen molar-refractivity contribution in [2.45, 2.75) is 12.1 Å². The van der Waals surface area contributed by atoms with Crippen molar-refractivity contribution in [3.05, 3.63) is 23.8 Å². The lowest BCUT2D eigenvalue weighted by Gasteiger charge is -2.45. The largest absolute Gasteiger partial charge is 0.496 e. The number of carbonyl (C=O) groups excluding carboxylic acids is 3. The molecule has 0 aromatic heterocycles. The van der Waals surface area contributed by atoms with Gasteiger partial charge in [0.1, 0.15) is 28.9 Å². The van der Waals surface area contributed by atoms with Crippen LogP contribution < -0.4 is 14.8 Å². The lowest BCUT2D eigenvalue weighted by atomic mass is 10.00. The van der Waals surface area contributed by atoms with Crippen LogP contribution in [-0.4, -0.2) is 77.2 Å². The number of nitrogens with one attached hydrogen (secondary N) is 1. The first-order chi connectivity index (χ1) is 13.8. The van der Waals surface area contributed by atoms with Crippen molar-refractivity contribution in [2.75, 3.05) is 31.9 Å². The molecule has 0 saturated carbocycles. The molecule has 29 heavy (non-hydrogen) atoms. The number of amides is 2. The molecule has 0 aliphatic carbocycles. The zero-order valence-electron chi connectivity index (χ0n) is 15.5. The molecule has 2 rings (SSSR count). The number of β-lactam (4-membered cyclic amide) rings is 1. The fraction of sp³-hybridized carbons (Fsp3) is 0.412. The van der Waals surface area contributed by atoms with Gasteiger partial charge in [-0.3, -0.25) is 18.7 Å². The smallest absolute Gasteiger partial charge is 0.341 e. The number of hydrogen-bond acceptors (Lipinski definition) is 8. The third kappa shape index (κ3) is 5.32. The summed E-state index contributed by atoms with van der Waals surface area (Å²) < 4.78 is 16.3. The van der Waals surface area contributed by atoms with E-state index in [0.29, 0.717) is 16.8 Å². The SMILES string of the molecule is COc1cccc(OC)c1C(=O)N[C@@H]1C(=O)N(SCC(=O)OCC(=O)O)[C@@H]1CBr. The van der Waals surface area contributed by atoms with Crippen molar-refractivity contribution in [1.29, 1.82) is 0 Å². The molecule has 2 amide bonds. The summed E-state index contributed by atoms with van der Waals surface area (Å²) in [5, 5.41) is 11.5. The van der Waals surface area contributed by atoms with Gasteiger partial charge in [-0.15, -0.1) is 0 Å². The van der Waals surface area contributed by atoms with E-state index in [2.05, 4.69) is 26.0 Å². The highest BCUT2D eigenvalue weighted by molar-refractivity contribution is 9.09. The minimum atomic E-state index is -1.27. The van der Waals surface area contributed by atoms with Gasteiger partial charge in [-0.2, -0.15) is 0 Å². The first kappa shape index (κ1) is 22.8. The number of rotatable bonds is 10. The average Bonchev–Trinajstić information content (AvgIpc) is 2.72. The van der Waals surface area contributed by atoms with Gasteiger partial charge in [-0.05, 0) is 24.1 Å². The molecule has 0 radical (unpaired) electrons. The number of carbonyl (C=O) groups is 4. The number of halogens is 1. The Morgan fingerprint density at radius 2 is 1.86 bits per heavy atom. The van der Waals surface area contributed by atoms with E-state index in [-0.39, 0.29) is 11.3 Å². The first-order valence-electron chi connectivity index (χ1n) is 8.25. The monoisotopic (exact) mass is 490 g/mol. The second-order valence-corrected chi connectivity index (χ2v) is 7.29. The van der Waals surface area contributed by atoms with Gasteiger partial charge < -0.3 is 24.6 Å². The van der Waals surface area contributed by atoms with Crippen molar-refractivity contribution in [1.82, 2.24) is 9.62 Å². The van der Waals surface area contributed by atoms with Crippen LogP contribution >= 0.6 is 27.9 Å². The number of hydrogen-bond donors (Lipinski definition) is 2. The van der Waals surface area contributed by atoms with E-state index in [0.717, 1.165) is 11.9 Å². The van der Waals surface area contributed by atoms with Crippen molar-refractivity contribution in [2.24, 2.45) is 0 Å². The van der Waals surface area contributed by atoms with Crippen LogP contribution in [0.4, 0.5) is 0 Å². The molecular weight excluding hydrogens is 472 g/mol. The van der Waals surface area contributed by atoms with Gasteiger partial charge in [0.2, 0.25) is 0 Å². The molecule has 1 aliphatic heterocycles. The third-order valence-electron chi connectivity index (χ3n) is 3.95. The minimum Gasteiger partial charge on any atom is -0.496 e. The molecule has 158 valence electrons. The summed E-state index contributed by atoms with van der Waals surface area (Å²) in [6.45, 7) is -0.741. The number of alkyl halides is 1. The number of esters is 1. The Balaban J connectivity index is 2.01. The van der Waals surface area contributed by atoms with Gasteiger partial charge in [-0.1, -0.05) is 22.0 Å². The molecule has 2 atom stereocenters. The predicted octanol–water partition coefficient (Wildman–Crippen LogP) is 0.684.